The van der Waals surface area contributed by atoms with Crippen LogP contribution >= 0.6 is 0 Å². The van der Waals surface area contributed by atoms with Gasteiger partial charge < -0.3 is 5.73 Å². The summed E-state index contributed by atoms with van der Waals surface area (Å²) in [6, 6.07) is 6.55. The fraction of sp³-hybridized carbons (Fsp3) is 0.250. The van der Waals surface area contributed by atoms with Crippen LogP contribution in [0.2, 0.25) is 0 Å². The number of aromatic nitrogens is 2. The zero-order valence-corrected chi connectivity index (χ0v) is 11.4. The van der Waals surface area contributed by atoms with Crippen molar-refractivity contribution in [2.24, 2.45) is 0 Å². The van der Waals surface area contributed by atoms with Gasteiger partial charge in [0, 0.05) is 24.6 Å². The molecule has 19 heavy (non-hydrogen) atoms. The third-order valence-electron chi connectivity index (χ3n) is 2.58. The largest absolute Gasteiger partial charge is 0.399 e. The first kappa shape index (κ1) is 13.6. The topological polar surface area (TPSA) is 90.0 Å². The molecule has 2 rings (SSSR count). The Morgan fingerprint density at radius 3 is 2.79 bits per heavy atom. The van der Waals surface area contributed by atoms with Crippen LogP contribution in [0.25, 0.3) is 0 Å². The third-order valence-corrected chi connectivity index (χ3v) is 4.02. The molecule has 102 valence electrons. The Morgan fingerprint density at radius 2 is 2.16 bits per heavy atom. The van der Waals surface area contributed by atoms with E-state index in [1.165, 1.54) is 6.07 Å². The van der Waals surface area contributed by atoms with Gasteiger partial charge in [-0.15, -0.1) is 0 Å². The lowest BCUT2D eigenvalue weighted by atomic mass is 10.2. The molecule has 0 bridgehead atoms. The Morgan fingerprint density at radius 1 is 1.37 bits per heavy atom. The van der Waals surface area contributed by atoms with Gasteiger partial charge in [0.25, 0.3) is 0 Å². The van der Waals surface area contributed by atoms with E-state index >= 15 is 0 Å². The molecule has 0 fully saturated rings. The van der Waals surface area contributed by atoms with Gasteiger partial charge in [0.05, 0.1) is 11.4 Å². The Labute approximate surface area is 112 Å². The maximum absolute atomic E-state index is 12.1. The van der Waals surface area contributed by atoms with Gasteiger partial charge in [0.15, 0.2) is 0 Å². The van der Waals surface area contributed by atoms with Crippen LogP contribution in [0.5, 0.6) is 0 Å². The summed E-state index contributed by atoms with van der Waals surface area (Å²) in [5, 5.41) is 4.00. The van der Waals surface area contributed by atoms with Crippen LogP contribution in [0, 0.1) is 6.92 Å². The van der Waals surface area contributed by atoms with E-state index < -0.39 is 10.0 Å². The van der Waals surface area contributed by atoms with Gasteiger partial charge in [-0.3, -0.25) is 4.68 Å². The molecule has 3 N–H and O–H groups in total. The molecular formula is C12H16N4O2S. The van der Waals surface area contributed by atoms with Crippen molar-refractivity contribution in [3.8, 4) is 0 Å². The molecule has 6 nitrogen and oxygen atoms in total. The Bertz CT molecular complexity index is 630. The van der Waals surface area contributed by atoms with Crippen molar-refractivity contribution in [1.82, 2.24) is 14.5 Å². The van der Waals surface area contributed by atoms with Crippen molar-refractivity contribution in [2.75, 3.05) is 12.3 Å². The lowest BCUT2D eigenvalue weighted by Crippen LogP contribution is -2.27. The molecular weight excluding hydrogens is 264 g/mol. The van der Waals surface area contributed by atoms with Crippen molar-refractivity contribution in [2.45, 2.75) is 18.4 Å². The fourth-order valence-corrected chi connectivity index (χ4v) is 2.90. The van der Waals surface area contributed by atoms with Crippen LogP contribution in [0.3, 0.4) is 0 Å². The summed E-state index contributed by atoms with van der Waals surface area (Å²) in [7, 11) is -3.53. The molecule has 7 heteroatoms. The van der Waals surface area contributed by atoms with Gasteiger partial charge in [-0.1, -0.05) is 0 Å². The first-order valence-corrected chi connectivity index (χ1v) is 7.30. The number of hydrogen-bond acceptors (Lipinski definition) is 4. The summed E-state index contributed by atoms with van der Waals surface area (Å²) in [5.74, 6) is 0. The second kappa shape index (κ2) is 5.41. The number of nitrogens with zero attached hydrogens (tertiary/aromatic N) is 2. The average molecular weight is 280 g/mol. The van der Waals surface area contributed by atoms with Gasteiger partial charge in [-0.2, -0.15) is 5.10 Å². The van der Waals surface area contributed by atoms with E-state index in [0.717, 1.165) is 5.56 Å². The predicted molar refractivity (Wildman–Crippen MR) is 73.0 cm³/mol. The molecule has 0 aliphatic rings. The highest BCUT2D eigenvalue weighted by atomic mass is 32.2. The lowest BCUT2D eigenvalue weighted by molar-refractivity contribution is 0.561. The van der Waals surface area contributed by atoms with Crippen LogP contribution in [0.15, 0.2) is 41.6 Å². The molecule has 2 aromatic rings. The SMILES string of the molecule is Cc1cc(N)cc(S(=O)(=O)NCCn2cccn2)c1. The van der Waals surface area contributed by atoms with Crippen LogP contribution in [0.1, 0.15) is 5.56 Å². The molecule has 0 atom stereocenters. The van der Waals surface area contributed by atoms with Crippen LogP contribution in [-0.2, 0) is 16.6 Å². The van der Waals surface area contributed by atoms with Crippen molar-refractivity contribution < 1.29 is 8.42 Å². The standard InChI is InChI=1S/C12H16N4O2S/c1-10-7-11(13)9-12(8-10)19(17,18)15-4-6-16-5-2-3-14-16/h2-3,5,7-9,15H,4,6,13H2,1H3. The van der Waals surface area contributed by atoms with Crippen LogP contribution < -0.4 is 10.5 Å². The zero-order valence-electron chi connectivity index (χ0n) is 10.6. The summed E-state index contributed by atoms with van der Waals surface area (Å²) < 4.78 is 28.3. The summed E-state index contributed by atoms with van der Waals surface area (Å²) in [6.45, 7) is 2.56. The minimum absolute atomic E-state index is 0.186. The van der Waals surface area contributed by atoms with E-state index in [4.69, 9.17) is 5.73 Å². The second-order valence-corrected chi connectivity index (χ2v) is 6.01. The van der Waals surface area contributed by atoms with E-state index in [9.17, 15) is 8.42 Å². The van der Waals surface area contributed by atoms with Crippen LogP contribution in [-0.4, -0.2) is 24.7 Å². The van der Waals surface area contributed by atoms with E-state index in [1.807, 2.05) is 0 Å². The van der Waals surface area contributed by atoms with Gasteiger partial charge in [0.1, 0.15) is 0 Å². The zero-order chi connectivity index (χ0) is 13.9. The summed E-state index contributed by atoms with van der Waals surface area (Å²) in [6.07, 6.45) is 3.43. The summed E-state index contributed by atoms with van der Waals surface area (Å²) >= 11 is 0. The second-order valence-electron chi connectivity index (χ2n) is 4.25. The number of nitrogen functional groups attached to an aromatic ring is 1. The maximum Gasteiger partial charge on any atom is 0.240 e. The number of aryl methyl sites for hydroxylation is 1. The summed E-state index contributed by atoms with van der Waals surface area (Å²) in [4.78, 5) is 0.186. The monoisotopic (exact) mass is 280 g/mol. The van der Waals surface area contributed by atoms with Gasteiger partial charge in [-0.25, -0.2) is 13.1 Å². The van der Waals surface area contributed by atoms with Gasteiger partial charge >= 0.3 is 0 Å². The minimum Gasteiger partial charge on any atom is -0.399 e. The molecule has 0 aliphatic heterocycles. The Kier molecular flexibility index (Phi) is 3.87. The molecule has 0 saturated carbocycles. The van der Waals surface area contributed by atoms with Crippen LogP contribution in [0.4, 0.5) is 5.69 Å². The van der Waals surface area contributed by atoms with E-state index in [2.05, 4.69) is 9.82 Å². The predicted octanol–water partition coefficient (Wildman–Crippen LogP) is 0.752. The minimum atomic E-state index is -3.53. The van der Waals surface area contributed by atoms with Crippen molar-refractivity contribution in [3.05, 3.63) is 42.2 Å². The van der Waals surface area contributed by atoms with Crippen molar-refractivity contribution in [1.29, 1.82) is 0 Å². The number of benzene rings is 1. The quantitative estimate of drug-likeness (QED) is 0.791. The van der Waals surface area contributed by atoms with Gasteiger partial charge in [0.2, 0.25) is 10.0 Å². The van der Waals surface area contributed by atoms with E-state index in [0.29, 0.717) is 12.2 Å². The normalized spacial score (nSPS) is 11.6. The molecule has 0 radical (unpaired) electrons. The fourth-order valence-electron chi connectivity index (χ4n) is 1.74. The average Bonchev–Trinajstić information content (AvgIpc) is 2.80. The number of nitrogens with two attached hydrogens (primary N) is 1. The number of nitrogens with one attached hydrogen (secondary N) is 1. The number of sulfonamides is 1. The third kappa shape index (κ3) is 3.55. The van der Waals surface area contributed by atoms with Crippen molar-refractivity contribution >= 4 is 15.7 Å². The molecule has 0 saturated heterocycles. The number of anilines is 1. The lowest BCUT2D eigenvalue weighted by Gasteiger charge is -2.08. The van der Waals surface area contributed by atoms with E-state index in [1.54, 1.807) is 42.2 Å². The molecule has 0 aliphatic carbocycles. The highest BCUT2D eigenvalue weighted by Gasteiger charge is 2.14. The van der Waals surface area contributed by atoms with Gasteiger partial charge in [-0.05, 0) is 36.8 Å². The Hall–Kier alpha value is -1.86. The first-order chi connectivity index (χ1) is 8.97. The maximum atomic E-state index is 12.1. The van der Waals surface area contributed by atoms with Crippen molar-refractivity contribution in [3.63, 3.8) is 0 Å². The molecule has 1 aromatic carbocycles. The Balaban J connectivity index is 2.05. The smallest absolute Gasteiger partial charge is 0.240 e. The van der Waals surface area contributed by atoms with E-state index in [-0.39, 0.29) is 11.4 Å². The number of rotatable bonds is 5. The molecule has 0 unspecified atom stereocenters. The molecule has 1 heterocycles. The number of hydrogen-bond donors (Lipinski definition) is 2. The highest BCUT2D eigenvalue weighted by Crippen LogP contribution is 2.15. The first-order valence-electron chi connectivity index (χ1n) is 5.82. The molecule has 1 aromatic heterocycles. The molecule has 0 amide bonds. The molecule has 0 spiro atoms. The highest BCUT2D eigenvalue weighted by molar-refractivity contribution is 7.89. The summed E-state index contributed by atoms with van der Waals surface area (Å²) in [5.41, 5.74) is 6.91.